The van der Waals surface area contributed by atoms with Gasteiger partial charge in [-0.25, -0.2) is 9.97 Å². The van der Waals surface area contributed by atoms with Gasteiger partial charge in [-0.15, -0.1) is 0 Å². The number of aryl methyl sites for hydroxylation is 1. The first-order valence-electron chi connectivity index (χ1n) is 5.51. The van der Waals surface area contributed by atoms with Gasteiger partial charge in [0.15, 0.2) is 0 Å². The summed E-state index contributed by atoms with van der Waals surface area (Å²) in [6.45, 7) is 3.89. The van der Waals surface area contributed by atoms with Crippen molar-refractivity contribution in [3.8, 4) is 6.07 Å². The molecule has 0 aliphatic carbocycles. The molecule has 1 aromatic heterocycles. The first-order chi connectivity index (χ1) is 8.20. The van der Waals surface area contributed by atoms with Crippen LogP contribution in [0.1, 0.15) is 35.6 Å². The lowest BCUT2D eigenvalue weighted by Gasteiger charge is -2.11. The van der Waals surface area contributed by atoms with E-state index in [4.69, 9.17) is 5.26 Å². The van der Waals surface area contributed by atoms with Crippen LogP contribution >= 0.6 is 0 Å². The molecule has 0 aliphatic rings. The molecule has 0 saturated heterocycles. The third-order valence-electron chi connectivity index (χ3n) is 2.72. The molecule has 1 atom stereocenters. The largest absolute Gasteiger partial charge is 0.238 e. The van der Waals surface area contributed by atoms with Crippen molar-refractivity contribution in [1.29, 1.82) is 5.26 Å². The van der Waals surface area contributed by atoms with Crippen molar-refractivity contribution in [3.05, 3.63) is 59.2 Å². The van der Waals surface area contributed by atoms with Crippen LogP contribution in [0.15, 0.2) is 36.4 Å². The molecule has 0 unspecified atom stereocenters. The maximum atomic E-state index is 8.90. The van der Waals surface area contributed by atoms with Crippen molar-refractivity contribution < 1.29 is 0 Å². The minimum absolute atomic E-state index is 0.171. The topological polar surface area (TPSA) is 49.6 Å². The highest BCUT2D eigenvalue weighted by Gasteiger charge is 2.11. The second kappa shape index (κ2) is 4.75. The van der Waals surface area contributed by atoms with Crippen molar-refractivity contribution in [3.63, 3.8) is 0 Å². The third kappa shape index (κ3) is 2.48. The maximum Gasteiger partial charge on any atom is 0.144 e. The molecule has 1 aromatic carbocycles. The monoisotopic (exact) mass is 223 g/mol. The lowest BCUT2D eigenvalue weighted by Crippen LogP contribution is -2.03. The van der Waals surface area contributed by atoms with E-state index in [2.05, 4.69) is 35.1 Å². The summed E-state index contributed by atoms with van der Waals surface area (Å²) in [4.78, 5) is 8.45. The van der Waals surface area contributed by atoms with Crippen LogP contribution in [-0.4, -0.2) is 9.97 Å². The average molecular weight is 223 g/mol. The number of nitrogens with zero attached hydrogens (tertiary/aromatic N) is 3. The minimum atomic E-state index is 0.171. The minimum Gasteiger partial charge on any atom is -0.238 e. The molecule has 2 rings (SSSR count). The molecule has 1 heterocycles. The molecule has 0 bridgehead atoms. The fourth-order valence-corrected chi connectivity index (χ4v) is 1.78. The smallest absolute Gasteiger partial charge is 0.144 e. The van der Waals surface area contributed by atoms with E-state index in [-0.39, 0.29) is 5.92 Å². The first kappa shape index (κ1) is 11.3. The number of aromatic nitrogens is 2. The molecule has 2 aromatic rings. The molecule has 3 heteroatoms. The van der Waals surface area contributed by atoms with Gasteiger partial charge in [-0.05, 0) is 18.6 Å². The molecule has 0 spiro atoms. The summed E-state index contributed by atoms with van der Waals surface area (Å²) in [6, 6.07) is 13.9. The maximum absolute atomic E-state index is 8.90. The molecule has 0 N–H and O–H groups in total. The number of benzene rings is 1. The predicted octanol–water partition coefficient (Wildman–Crippen LogP) is 2.81. The lowest BCUT2D eigenvalue weighted by atomic mass is 9.97. The van der Waals surface area contributed by atoms with E-state index in [0.29, 0.717) is 11.5 Å². The summed E-state index contributed by atoms with van der Waals surface area (Å²) in [7, 11) is 0. The highest BCUT2D eigenvalue weighted by Crippen LogP contribution is 2.22. The number of hydrogen-bond donors (Lipinski definition) is 0. The van der Waals surface area contributed by atoms with Gasteiger partial charge in [0, 0.05) is 5.92 Å². The fraction of sp³-hybridized carbons (Fsp3) is 0.214. The highest BCUT2D eigenvalue weighted by molar-refractivity contribution is 5.31. The third-order valence-corrected chi connectivity index (χ3v) is 2.72. The summed E-state index contributed by atoms with van der Waals surface area (Å²) >= 11 is 0. The average Bonchev–Trinajstić information content (AvgIpc) is 2.38. The van der Waals surface area contributed by atoms with E-state index in [9.17, 15) is 0 Å². The quantitative estimate of drug-likeness (QED) is 0.786. The van der Waals surface area contributed by atoms with Crippen LogP contribution in [0.4, 0.5) is 0 Å². The van der Waals surface area contributed by atoms with Crippen LogP contribution in [-0.2, 0) is 0 Å². The fourth-order valence-electron chi connectivity index (χ4n) is 1.78. The van der Waals surface area contributed by atoms with E-state index in [1.54, 1.807) is 6.07 Å². The molecule has 0 aliphatic heterocycles. The standard InChI is InChI=1S/C14H13N3/c1-10(12-6-4-3-5-7-12)14-8-13(9-15)16-11(2)17-14/h3-8,10H,1-2H3/t10-/m1/s1. The molecular formula is C14H13N3. The number of nitriles is 1. The molecule has 84 valence electrons. The molecular weight excluding hydrogens is 210 g/mol. The summed E-state index contributed by atoms with van der Waals surface area (Å²) in [6.07, 6.45) is 0. The van der Waals surface area contributed by atoms with Crippen LogP contribution in [0.3, 0.4) is 0 Å². The highest BCUT2D eigenvalue weighted by atomic mass is 14.9. The lowest BCUT2D eigenvalue weighted by molar-refractivity contribution is 0.839. The Labute approximate surface area is 101 Å². The van der Waals surface area contributed by atoms with Gasteiger partial charge in [0.25, 0.3) is 0 Å². The zero-order valence-corrected chi connectivity index (χ0v) is 9.88. The Balaban J connectivity index is 2.41. The predicted molar refractivity (Wildman–Crippen MR) is 65.4 cm³/mol. The zero-order chi connectivity index (χ0) is 12.3. The van der Waals surface area contributed by atoms with E-state index in [1.165, 1.54) is 5.56 Å². The Morgan fingerprint density at radius 3 is 2.53 bits per heavy atom. The van der Waals surface area contributed by atoms with Gasteiger partial charge in [0.1, 0.15) is 17.6 Å². The summed E-state index contributed by atoms with van der Waals surface area (Å²) in [5.41, 5.74) is 2.50. The normalized spacial score (nSPS) is 11.8. The molecule has 0 amide bonds. The number of hydrogen-bond acceptors (Lipinski definition) is 3. The van der Waals surface area contributed by atoms with Gasteiger partial charge < -0.3 is 0 Å². The van der Waals surface area contributed by atoms with Crippen molar-refractivity contribution in [2.45, 2.75) is 19.8 Å². The van der Waals surface area contributed by atoms with Crippen molar-refractivity contribution >= 4 is 0 Å². The van der Waals surface area contributed by atoms with E-state index < -0.39 is 0 Å². The van der Waals surface area contributed by atoms with Crippen molar-refractivity contribution in [2.75, 3.05) is 0 Å². The molecule has 3 nitrogen and oxygen atoms in total. The molecule has 0 saturated carbocycles. The van der Waals surface area contributed by atoms with Crippen LogP contribution in [0.2, 0.25) is 0 Å². The molecule has 0 radical (unpaired) electrons. The van der Waals surface area contributed by atoms with Gasteiger partial charge in [-0.3, -0.25) is 0 Å². The Bertz CT molecular complexity index is 555. The van der Waals surface area contributed by atoms with Crippen LogP contribution in [0.5, 0.6) is 0 Å². The van der Waals surface area contributed by atoms with Gasteiger partial charge in [-0.1, -0.05) is 37.3 Å². The van der Waals surface area contributed by atoms with E-state index in [1.807, 2.05) is 25.1 Å². The second-order valence-corrected chi connectivity index (χ2v) is 3.97. The van der Waals surface area contributed by atoms with Crippen LogP contribution in [0.25, 0.3) is 0 Å². The molecule has 17 heavy (non-hydrogen) atoms. The summed E-state index contributed by atoms with van der Waals surface area (Å²) in [5, 5.41) is 8.90. The number of rotatable bonds is 2. The first-order valence-corrected chi connectivity index (χ1v) is 5.51. The Hall–Kier alpha value is -2.21. The van der Waals surface area contributed by atoms with Gasteiger partial charge >= 0.3 is 0 Å². The van der Waals surface area contributed by atoms with E-state index in [0.717, 1.165) is 5.69 Å². The van der Waals surface area contributed by atoms with Crippen LogP contribution in [0, 0.1) is 18.3 Å². The van der Waals surface area contributed by atoms with Gasteiger partial charge in [0.2, 0.25) is 0 Å². The molecule has 0 fully saturated rings. The van der Waals surface area contributed by atoms with Crippen molar-refractivity contribution in [2.24, 2.45) is 0 Å². The SMILES string of the molecule is Cc1nc(C#N)cc([C@H](C)c2ccccc2)n1. The second-order valence-electron chi connectivity index (χ2n) is 3.97. The zero-order valence-electron chi connectivity index (χ0n) is 9.88. The van der Waals surface area contributed by atoms with Crippen molar-refractivity contribution in [1.82, 2.24) is 9.97 Å². The Morgan fingerprint density at radius 1 is 1.18 bits per heavy atom. The van der Waals surface area contributed by atoms with Gasteiger partial charge in [0.05, 0.1) is 5.69 Å². The van der Waals surface area contributed by atoms with E-state index >= 15 is 0 Å². The van der Waals surface area contributed by atoms with Crippen LogP contribution < -0.4 is 0 Å². The summed E-state index contributed by atoms with van der Waals surface area (Å²) < 4.78 is 0. The Morgan fingerprint density at radius 2 is 1.88 bits per heavy atom. The Kier molecular flexibility index (Phi) is 3.15. The summed E-state index contributed by atoms with van der Waals surface area (Å²) in [5.74, 6) is 0.812. The van der Waals surface area contributed by atoms with Gasteiger partial charge in [-0.2, -0.15) is 5.26 Å².